The van der Waals surface area contributed by atoms with E-state index in [9.17, 15) is 4.79 Å². The number of nitrogens with zero attached hydrogens (tertiary/aromatic N) is 3. The number of primary amides is 1. The molecule has 22 heavy (non-hydrogen) atoms. The number of aromatic nitrogens is 2. The Labute approximate surface area is 130 Å². The maximum absolute atomic E-state index is 11.2. The molecule has 0 unspecified atom stereocenters. The predicted molar refractivity (Wildman–Crippen MR) is 84.3 cm³/mol. The summed E-state index contributed by atoms with van der Waals surface area (Å²) < 4.78 is 0. The molecule has 1 aromatic heterocycles. The predicted octanol–water partition coefficient (Wildman–Crippen LogP) is 1.75. The van der Waals surface area contributed by atoms with Crippen molar-refractivity contribution in [2.75, 3.05) is 6.54 Å². The molecule has 114 valence electrons. The molecule has 3 rings (SSSR count). The van der Waals surface area contributed by atoms with Gasteiger partial charge < -0.3 is 5.73 Å². The summed E-state index contributed by atoms with van der Waals surface area (Å²) in [5.41, 5.74) is 11.2. The first-order valence-electron chi connectivity index (χ1n) is 7.46. The molecule has 2 heterocycles. The molecule has 0 radical (unpaired) electrons. The third kappa shape index (κ3) is 2.99. The summed E-state index contributed by atoms with van der Waals surface area (Å²) in [6, 6.07) is 6.57. The van der Waals surface area contributed by atoms with Crippen molar-refractivity contribution in [2.24, 2.45) is 5.73 Å². The van der Waals surface area contributed by atoms with Gasteiger partial charge in [-0.25, -0.2) is 9.97 Å². The quantitative estimate of drug-likeness (QED) is 0.936. The third-order valence-corrected chi connectivity index (χ3v) is 4.22. The number of hydrogen-bond acceptors (Lipinski definition) is 4. The second-order valence-corrected chi connectivity index (χ2v) is 5.91. The lowest BCUT2D eigenvalue weighted by Gasteiger charge is -2.28. The van der Waals surface area contributed by atoms with Crippen LogP contribution in [0.2, 0.25) is 0 Å². The van der Waals surface area contributed by atoms with E-state index < -0.39 is 5.91 Å². The Bertz CT molecular complexity index is 727. The second kappa shape index (κ2) is 5.85. The van der Waals surface area contributed by atoms with Crippen molar-refractivity contribution in [2.45, 2.75) is 33.4 Å². The van der Waals surface area contributed by atoms with E-state index in [0.29, 0.717) is 0 Å². The van der Waals surface area contributed by atoms with Gasteiger partial charge in [0.05, 0.1) is 5.69 Å². The number of aryl methyl sites for hydroxylation is 2. The Morgan fingerprint density at radius 3 is 2.86 bits per heavy atom. The van der Waals surface area contributed by atoms with Crippen molar-refractivity contribution < 1.29 is 4.79 Å². The summed E-state index contributed by atoms with van der Waals surface area (Å²) in [5, 5.41) is 0. The summed E-state index contributed by atoms with van der Waals surface area (Å²) >= 11 is 0. The van der Waals surface area contributed by atoms with Gasteiger partial charge in [0, 0.05) is 25.8 Å². The van der Waals surface area contributed by atoms with Crippen LogP contribution >= 0.6 is 0 Å². The number of hydrogen-bond donors (Lipinski definition) is 1. The van der Waals surface area contributed by atoms with E-state index >= 15 is 0 Å². The molecule has 5 heteroatoms. The van der Waals surface area contributed by atoms with Gasteiger partial charge in [-0.2, -0.15) is 0 Å². The maximum Gasteiger partial charge on any atom is 0.286 e. The largest absolute Gasteiger partial charge is 0.363 e. The fourth-order valence-electron chi connectivity index (χ4n) is 2.77. The van der Waals surface area contributed by atoms with E-state index in [1.54, 1.807) is 6.20 Å². The molecule has 0 saturated heterocycles. The molecule has 0 atom stereocenters. The number of nitrogens with two attached hydrogens (primary N) is 1. The lowest BCUT2D eigenvalue weighted by atomic mass is 10.0. The minimum absolute atomic E-state index is 0.104. The Morgan fingerprint density at radius 1 is 1.32 bits per heavy atom. The highest BCUT2D eigenvalue weighted by Gasteiger charge is 2.19. The molecule has 0 spiro atoms. The number of amides is 1. The highest BCUT2D eigenvalue weighted by molar-refractivity contribution is 5.88. The molecule has 1 amide bonds. The average Bonchev–Trinajstić information content (AvgIpc) is 2.50. The fourth-order valence-corrected chi connectivity index (χ4v) is 2.77. The van der Waals surface area contributed by atoms with Gasteiger partial charge in [-0.15, -0.1) is 0 Å². The van der Waals surface area contributed by atoms with E-state index in [1.165, 1.54) is 16.7 Å². The molecule has 2 aromatic rings. The van der Waals surface area contributed by atoms with Crippen LogP contribution in [0, 0.1) is 13.8 Å². The highest BCUT2D eigenvalue weighted by Crippen LogP contribution is 2.19. The maximum atomic E-state index is 11.2. The number of carbonyl (C=O) groups excluding carboxylic acids is 1. The van der Waals surface area contributed by atoms with Gasteiger partial charge in [-0.1, -0.05) is 18.2 Å². The molecule has 1 aromatic carbocycles. The van der Waals surface area contributed by atoms with Crippen molar-refractivity contribution in [3.8, 4) is 0 Å². The molecule has 2 N–H and O–H groups in total. The van der Waals surface area contributed by atoms with E-state index in [4.69, 9.17) is 5.73 Å². The van der Waals surface area contributed by atoms with Crippen LogP contribution in [0.15, 0.2) is 24.4 Å². The third-order valence-electron chi connectivity index (χ3n) is 4.22. The van der Waals surface area contributed by atoms with Crippen LogP contribution in [0.3, 0.4) is 0 Å². The molecular formula is C17H20N4O. The van der Waals surface area contributed by atoms with Gasteiger partial charge in [-0.3, -0.25) is 9.69 Å². The van der Waals surface area contributed by atoms with E-state index in [2.05, 4.69) is 46.9 Å². The number of benzene rings is 1. The van der Waals surface area contributed by atoms with Crippen molar-refractivity contribution in [1.29, 1.82) is 0 Å². The Morgan fingerprint density at radius 2 is 2.14 bits per heavy atom. The van der Waals surface area contributed by atoms with E-state index in [-0.39, 0.29) is 5.82 Å². The second-order valence-electron chi connectivity index (χ2n) is 5.91. The van der Waals surface area contributed by atoms with Crippen LogP contribution in [0.4, 0.5) is 0 Å². The summed E-state index contributed by atoms with van der Waals surface area (Å²) in [7, 11) is 0. The van der Waals surface area contributed by atoms with E-state index in [0.717, 1.165) is 37.3 Å². The van der Waals surface area contributed by atoms with Gasteiger partial charge in [-0.05, 0) is 42.5 Å². The summed E-state index contributed by atoms with van der Waals surface area (Å²) in [6.45, 7) is 6.84. The highest BCUT2D eigenvalue weighted by atomic mass is 16.1. The summed E-state index contributed by atoms with van der Waals surface area (Å²) in [6.07, 6.45) is 2.63. The standard InChI is InChI=1S/C17H20N4O/c1-11-3-4-13(7-12(11)2)9-21-6-5-14-8-19-17(16(18)22)20-15(14)10-21/h3-4,7-8H,5-6,9-10H2,1-2H3,(H2,18,22). The molecule has 0 saturated carbocycles. The average molecular weight is 296 g/mol. The minimum atomic E-state index is -0.575. The van der Waals surface area contributed by atoms with Crippen molar-refractivity contribution in [3.63, 3.8) is 0 Å². The molecule has 1 aliphatic heterocycles. The van der Waals surface area contributed by atoms with Gasteiger partial charge in [0.25, 0.3) is 5.91 Å². The van der Waals surface area contributed by atoms with E-state index in [1.807, 2.05) is 0 Å². The zero-order valence-electron chi connectivity index (χ0n) is 13.0. The lowest BCUT2D eigenvalue weighted by Crippen LogP contribution is -2.32. The number of carbonyl (C=O) groups is 1. The SMILES string of the molecule is Cc1ccc(CN2CCc3cnc(C(N)=O)nc3C2)cc1C. The van der Waals surface area contributed by atoms with Gasteiger partial charge in [0.15, 0.2) is 0 Å². The topological polar surface area (TPSA) is 72.1 Å². The molecule has 0 fully saturated rings. The Hall–Kier alpha value is -2.27. The number of rotatable bonds is 3. The first-order chi connectivity index (χ1) is 10.5. The van der Waals surface area contributed by atoms with Crippen molar-refractivity contribution in [3.05, 3.63) is 58.2 Å². The Kier molecular flexibility index (Phi) is 3.90. The van der Waals surface area contributed by atoms with Crippen LogP contribution in [0.25, 0.3) is 0 Å². The fraction of sp³-hybridized carbons (Fsp3) is 0.353. The summed E-state index contributed by atoms with van der Waals surface area (Å²) in [4.78, 5) is 21.9. The molecule has 0 aliphatic carbocycles. The first kappa shape index (κ1) is 14.7. The van der Waals surface area contributed by atoms with Crippen LogP contribution in [-0.4, -0.2) is 27.3 Å². The van der Waals surface area contributed by atoms with Crippen LogP contribution in [0.1, 0.15) is 38.6 Å². The molecule has 1 aliphatic rings. The normalized spacial score (nSPS) is 14.6. The molecular weight excluding hydrogens is 276 g/mol. The van der Waals surface area contributed by atoms with Gasteiger partial charge in [0.1, 0.15) is 0 Å². The molecule has 5 nitrogen and oxygen atoms in total. The van der Waals surface area contributed by atoms with Crippen LogP contribution in [-0.2, 0) is 19.5 Å². The number of fused-ring (bicyclic) bond motifs is 1. The van der Waals surface area contributed by atoms with Gasteiger partial charge in [0.2, 0.25) is 5.82 Å². The lowest BCUT2D eigenvalue weighted by molar-refractivity contribution is 0.0989. The first-order valence-corrected chi connectivity index (χ1v) is 7.46. The van der Waals surface area contributed by atoms with Crippen molar-refractivity contribution >= 4 is 5.91 Å². The Balaban J connectivity index is 1.77. The summed E-state index contributed by atoms with van der Waals surface area (Å²) in [5.74, 6) is -0.471. The zero-order chi connectivity index (χ0) is 15.7. The zero-order valence-corrected chi connectivity index (χ0v) is 13.0. The smallest absolute Gasteiger partial charge is 0.286 e. The van der Waals surface area contributed by atoms with Gasteiger partial charge >= 0.3 is 0 Å². The monoisotopic (exact) mass is 296 g/mol. The van der Waals surface area contributed by atoms with Crippen molar-refractivity contribution in [1.82, 2.24) is 14.9 Å². The van der Waals surface area contributed by atoms with Crippen LogP contribution < -0.4 is 5.73 Å². The minimum Gasteiger partial charge on any atom is -0.363 e. The van der Waals surface area contributed by atoms with Crippen LogP contribution in [0.5, 0.6) is 0 Å². The molecule has 0 bridgehead atoms.